The van der Waals surface area contributed by atoms with Crippen LogP contribution < -0.4 is 0 Å². The molecule has 70 valence electrons. The Bertz CT molecular complexity index is 508. The van der Waals surface area contributed by atoms with Gasteiger partial charge in [0.25, 0.3) is 0 Å². The Hall–Kier alpha value is -1.90. The van der Waals surface area contributed by atoms with Crippen molar-refractivity contribution in [3.8, 4) is 0 Å². The quantitative estimate of drug-likeness (QED) is 0.699. The molecule has 2 rings (SSSR count). The van der Waals surface area contributed by atoms with E-state index in [2.05, 4.69) is 11.6 Å². The fraction of sp³-hybridized carbons (Fsp3) is 0. The Morgan fingerprint density at radius 3 is 2.86 bits per heavy atom. The van der Waals surface area contributed by atoms with E-state index in [1.807, 2.05) is 0 Å². The van der Waals surface area contributed by atoms with E-state index in [4.69, 9.17) is 0 Å². The molecule has 1 heterocycles. The summed E-state index contributed by atoms with van der Waals surface area (Å²) >= 11 is 0. The number of aliphatic hydroxyl groups excluding tert-OH is 1. The van der Waals surface area contributed by atoms with Crippen molar-refractivity contribution >= 4 is 16.7 Å². The molecule has 0 spiro atoms. The van der Waals surface area contributed by atoms with Crippen LogP contribution >= 0.6 is 0 Å². The maximum Gasteiger partial charge on any atom is 0.123 e. The zero-order valence-electron chi connectivity index (χ0n) is 7.37. The first-order valence-electron chi connectivity index (χ1n) is 4.11. The van der Waals surface area contributed by atoms with Crippen molar-refractivity contribution in [1.82, 2.24) is 4.98 Å². The fourth-order valence-electron chi connectivity index (χ4n) is 1.37. The largest absolute Gasteiger partial charge is 0.508 e. The summed E-state index contributed by atoms with van der Waals surface area (Å²) in [7, 11) is 0. The summed E-state index contributed by atoms with van der Waals surface area (Å²) in [6.45, 7) is 3.41. The molecule has 2 nitrogen and oxygen atoms in total. The van der Waals surface area contributed by atoms with Gasteiger partial charge in [0.15, 0.2) is 0 Å². The van der Waals surface area contributed by atoms with Crippen LogP contribution in [0, 0.1) is 5.82 Å². The molecular formula is C11H8FNO. The molecular weight excluding hydrogens is 181 g/mol. The Balaban J connectivity index is 2.84. The van der Waals surface area contributed by atoms with Crippen molar-refractivity contribution in [2.24, 2.45) is 0 Å². The van der Waals surface area contributed by atoms with Gasteiger partial charge in [-0.25, -0.2) is 4.39 Å². The summed E-state index contributed by atoms with van der Waals surface area (Å²) in [6.07, 6.45) is 1.55. The maximum atomic E-state index is 12.9. The van der Waals surface area contributed by atoms with Crippen molar-refractivity contribution in [3.63, 3.8) is 0 Å². The smallest absolute Gasteiger partial charge is 0.123 e. The number of halogens is 1. The molecule has 0 bridgehead atoms. The van der Waals surface area contributed by atoms with E-state index < -0.39 is 0 Å². The van der Waals surface area contributed by atoms with E-state index in [-0.39, 0.29) is 11.6 Å². The number of benzene rings is 1. The van der Waals surface area contributed by atoms with Crippen LogP contribution in [0.4, 0.5) is 4.39 Å². The molecule has 2 aromatic rings. The van der Waals surface area contributed by atoms with E-state index in [0.29, 0.717) is 16.5 Å². The lowest BCUT2D eigenvalue weighted by Crippen LogP contribution is -1.87. The summed E-state index contributed by atoms with van der Waals surface area (Å²) in [5, 5.41) is 9.84. The highest BCUT2D eigenvalue weighted by molar-refractivity contribution is 5.89. The van der Waals surface area contributed by atoms with Crippen LogP contribution in [0.25, 0.3) is 16.7 Å². The highest BCUT2D eigenvalue weighted by Crippen LogP contribution is 2.21. The van der Waals surface area contributed by atoms with Gasteiger partial charge in [-0.15, -0.1) is 0 Å². The SMILES string of the molecule is C=C(O)c1ccnc2ccc(F)cc12. The number of hydrogen-bond donors (Lipinski definition) is 1. The van der Waals surface area contributed by atoms with Crippen LogP contribution in [-0.2, 0) is 0 Å². The van der Waals surface area contributed by atoms with Gasteiger partial charge < -0.3 is 5.11 Å². The number of pyridine rings is 1. The third kappa shape index (κ3) is 1.33. The standard InChI is InChI=1S/C11H8FNO/c1-7(14)9-4-5-13-11-3-2-8(12)6-10(9)11/h2-6,14H,1H2. The Morgan fingerprint density at radius 1 is 1.36 bits per heavy atom. The fourth-order valence-corrected chi connectivity index (χ4v) is 1.37. The topological polar surface area (TPSA) is 33.1 Å². The second kappa shape index (κ2) is 3.10. The van der Waals surface area contributed by atoms with Crippen LogP contribution in [0.3, 0.4) is 0 Å². The number of rotatable bonds is 1. The number of aromatic nitrogens is 1. The highest BCUT2D eigenvalue weighted by Gasteiger charge is 2.04. The molecule has 0 amide bonds. The summed E-state index contributed by atoms with van der Waals surface area (Å²) < 4.78 is 12.9. The highest BCUT2D eigenvalue weighted by atomic mass is 19.1. The zero-order valence-corrected chi connectivity index (χ0v) is 7.37. The predicted octanol–water partition coefficient (Wildman–Crippen LogP) is 2.90. The normalized spacial score (nSPS) is 10.4. The van der Waals surface area contributed by atoms with Gasteiger partial charge in [-0.1, -0.05) is 6.58 Å². The average molecular weight is 189 g/mol. The van der Waals surface area contributed by atoms with E-state index in [1.54, 1.807) is 18.3 Å². The van der Waals surface area contributed by atoms with Gasteiger partial charge in [-0.05, 0) is 24.3 Å². The van der Waals surface area contributed by atoms with Crippen molar-refractivity contribution in [2.75, 3.05) is 0 Å². The molecule has 0 aliphatic carbocycles. The predicted molar refractivity (Wildman–Crippen MR) is 53.4 cm³/mol. The number of nitrogens with zero attached hydrogens (tertiary/aromatic N) is 1. The summed E-state index contributed by atoms with van der Waals surface area (Å²) in [6, 6.07) is 5.83. The summed E-state index contributed by atoms with van der Waals surface area (Å²) in [5.74, 6) is -0.434. The van der Waals surface area contributed by atoms with Crippen molar-refractivity contribution in [3.05, 3.63) is 48.4 Å². The summed E-state index contributed by atoms with van der Waals surface area (Å²) in [5.41, 5.74) is 1.15. The second-order valence-electron chi connectivity index (χ2n) is 2.97. The molecule has 1 N–H and O–H groups in total. The van der Waals surface area contributed by atoms with Gasteiger partial charge >= 0.3 is 0 Å². The van der Waals surface area contributed by atoms with Gasteiger partial charge in [0.05, 0.1) is 5.52 Å². The molecule has 0 atom stereocenters. The van der Waals surface area contributed by atoms with Gasteiger partial charge in [-0.2, -0.15) is 0 Å². The van der Waals surface area contributed by atoms with E-state index in [9.17, 15) is 9.50 Å². The molecule has 0 aliphatic rings. The molecule has 1 aromatic heterocycles. The van der Waals surface area contributed by atoms with Crippen molar-refractivity contribution in [1.29, 1.82) is 0 Å². The van der Waals surface area contributed by atoms with Gasteiger partial charge in [0, 0.05) is 17.1 Å². The molecule has 0 saturated heterocycles. The minimum atomic E-state index is -0.354. The molecule has 0 unspecified atom stereocenters. The zero-order chi connectivity index (χ0) is 10.1. The van der Waals surface area contributed by atoms with Crippen LogP contribution in [0.2, 0.25) is 0 Å². The number of hydrogen-bond acceptors (Lipinski definition) is 2. The van der Waals surface area contributed by atoms with Crippen LogP contribution in [-0.4, -0.2) is 10.1 Å². The second-order valence-corrected chi connectivity index (χ2v) is 2.97. The number of aliphatic hydroxyl groups is 1. The van der Waals surface area contributed by atoms with Crippen molar-refractivity contribution < 1.29 is 9.50 Å². The Morgan fingerprint density at radius 2 is 2.14 bits per heavy atom. The van der Waals surface area contributed by atoms with Gasteiger partial charge in [0.1, 0.15) is 11.6 Å². The lowest BCUT2D eigenvalue weighted by molar-refractivity contribution is 0.514. The first-order chi connectivity index (χ1) is 6.68. The first kappa shape index (κ1) is 8.69. The average Bonchev–Trinajstić information content (AvgIpc) is 2.16. The molecule has 14 heavy (non-hydrogen) atoms. The van der Waals surface area contributed by atoms with Gasteiger partial charge in [-0.3, -0.25) is 4.98 Å². The first-order valence-corrected chi connectivity index (χ1v) is 4.11. The third-order valence-electron chi connectivity index (χ3n) is 2.01. The lowest BCUT2D eigenvalue weighted by atomic mass is 10.1. The lowest BCUT2D eigenvalue weighted by Gasteiger charge is -2.03. The Kier molecular flexibility index (Phi) is 1.93. The molecule has 3 heteroatoms. The monoisotopic (exact) mass is 189 g/mol. The summed E-state index contributed by atoms with van der Waals surface area (Å²) in [4.78, 5) is 4.05. The van der Waals surface area contributed by atoms with Crippen LogP contribution in [0.1, 0.15) is 5.56 Å². The minimum Gasteiger partial charge on any atom is -0.508 e. The molecule has 0 aliphatic heterocycles. The molecule has 0 radical (unpaired) electrons. The maximum absolute atomic E-state index is 12.9. The third-order valence-corrected chi connectivity index (χ3v) is 2.01. The van der Waals surface area contributed by atoms with Crippen LogP contribution in [0.5, 0.6) is 0 Å². The molecule has 0 saturated carbocycles. The minimum absolute atomic E-state index is 0.0806. The Labute approximate surface area is 80.3 Å². The van der Waals surface area contributed by atoms with E-state index in [0.717, 1.165) is 0 Å². The number of fused-ring (bicyclic) bond motifs is 1. The molecule has 0 fully saturated rings. The van der Waals surface area contributed by atoms with E-state index in [1.165, 1.54) is 12.1 Å². The molecule has 1 aromatic carbocycles. The van der Waals surface area contributed by atoms with Crippen LogP contribution in [0.15, 0.2) is 37.0 Å². The van der Waals surface area contributed by atoms with Crippen molar-refractivity contribution in [2.45, 2.75) is 0 Å². The van der Waals surface area contributed by atoms with E-state index >= 15 is 0 Å². The van der Waals surface area contributed by atoms with Gasteiger partial charge in [0.2, 0.25) is 0 Å².